The monoisotopic (exact) mass is 211 g/mol. The zero-order valence-electron chi connectivity index (χ0n) is 8.23. The Morgan fingerprint density at radius 2 is 2.43 bits per heavy atom. The molecule has 0 bridgehead atoms. The molecule has 0 saturated carbocycles. The van der Waals surface area contributed by atoms with Crippen LogP contribution in [0, 0.1) is 0 Å². The Hall–Kier alpha value is -1.10. The highest BCUT2D eigenvalue weighted by molar-refractivity contribution is 7.99. The molecule has 0 spiro atoms. The summed E-state index contributed by atoms with van der Waals surface area (Å²) in [5, 5.41) is 3.01. The molecule has 1 aromatic heterocycles. The van der Waals surface area contributed by atoms with Gasteiger partial charge in [-0.2, -0.15) is 11.8 Å². The third-order valence-electron chi connectivity index (χ3n) is 1.71. The van der Waals surface area contributed by atoms with Crippen molar-refractivity contribution in [3.8, 4) is 0 Å². The molecule has 1 N–H and O–H groups in total. The van der Waals surface area contributed by atoms with Crippen molar-refractivity contribution < 1.29 is 4.79 Å². The molecule has 0 fully saturated rings. The predicted octanol–water partition coefficient (Wildman–Crippen LogP) is 1.56. The lowest BCUT2D eigenvalue weighted by Gasteiger charge is -2.07. The van der Waals surface area contributed by atoms with Gasteiger partial charge in [0.15, 0.2) is 5.82 Å². The minimum absolute atomic E-state index is 0.0210. The summed E-state index contributed by atoms with van der Waals surface area (Å²) in [5.41, 5.74) is 0. The van der Waals surface area contributed by atoms with Crippen LogP contribution in [0.1, 0.15) is 13.3 Å². The van der Waals surface area contributed by atoms with E-state index < -0.39 is 0 Å². The fourth-order valence-corrected chi connectivity index (χ4v) is 1.22. The van der Waals surface area contributed by atoms with E-state index in [1.54, 1.807) is 24.2 Å². The molecule has 5 heteroatoms. The van der Waals surface area contributed by atoms with E-state index in [1.807, 2.05) is 13.2 Å². The first kappa shape index (κ1) is 11.0. The quantitative estimate of drug-likeness (QED) is 0.821. The first-order valence-corrected chi connectivity index (χ1v) is 5.60. The molecule has 1 heterocycles. The van der Waals surface area contributed by atoms with E-state index in [9.17, 15) is 4.79 Å². The molecular weight excluding hydrogens is 198 g/mol. The maximum absolute atomic E-state index is 11.4. The van der Waals surface area contributed by atoms with Crippen LogP contribution in [0.25, 0.3) is 0 Å². The Kier molecular flexibility index (Phi) is 4.39. The Balaban J connectivity index is 2.42. The number of nitrogens with zero attached hydrogens (tertiary/aromatic N) is 2. The Morgan fingerprint density at radius 1 is 1.64 bits per heavy atom. The van der Waals surface area contributed by atoms with Crippen molar-refractivity contribution in [1.82, 2.24) is 9.97 Å². The molecule has 1 amide bonds. The molecule has 1 atom stereocenters. The number of rotatable bonds is 4. The van der Waals surface area contributed by atoms with Gasteiger partial charge in [-0.1, -0.05) is 6.92 Å². The van der Waals surface area contributed by atoms with Crippen molar-refractivity contribution in [2.24, 2.45) is 0 Å². The third kappa shape index (κ3) is 3.74. The van der Waals surface area contributed by atoms with Crippen molar-refractivity contribution in [1.29, 1.82) is 0 Å². The number of thioether (sulfide) groups is 1. The van der Waals surface area contributed by atoms with Gasteiger partial charge >= 0.3 is 0 Å². The van der Waals surface area contributed by atoms with Gasteiger partial charge in [-0.3, -0.25) is 9.78 Å². The summed E-state index contributed by atoms with van der Waals surface area (Å²) >= 11 is 1.67. The van der Waals surface area contributed by atoms with Gasteiger partial charge in [0.05, 0.1) is 6.20 Å². The fraction of sp³-hybridized carbons (Fsp3) is 0.444. The average Bonchev–Trinajstić information content (AvgIpc) is 2.19. The van der Waals surface area contributed by atoms with Crippen LogP contribution in [-0.4, -0.2) is 27.4 Å². The lowest BCUT2D eigenvalue weighted by molar-refractivity contribution is -0.116. The SMILES string of the molecule is CS[C@H](C)CC(=O)Nc1cnccn1. The zero-order valence-corrected chi connectivity index (χ0v) is 9.04. The van der Waals surface area contributed by atoms with Crippen LogP contribution >= 0.6 is 11.8 Å². The van der Waals surface area contributed by atoms with Gasteiger partial charge in [-0.25, -0.2) is 4.98 Å². The second-order valence-corrected chi connectivity index (χ2v) is 4.17. The standard InChI is InChI=1S/C9H13N3OS/c1-7(14-2)5-9(13)12-8-6-10-3-4-11-8/h3-4,6-7H,5H2,1-2H3,(H,11,12,13)/t7-/m1/s1. The maximum atomic E-state index is 11.4. The lowest BCUT2D eigenvalue weighted by atomic mass is 10.3. The topological polar surface area (TPSA) is 54.9 Å². The summed E-state index contributed by atoms with van der Waals surface area (Å²) in [4.78, 5) is 19.2. The molecule has 14 heavy (non-hydrogen) atoms. The Bertz CT molecular complexity index is 291. The second-order valence-electron chi connectivity index (χ2n) is 2.89. The first-order chi connectivity index (χ1) is 6.72. The summed E-state index contributed by atoms with van der Waals surface area (Å²) in [6, 6.07) is 0. The first-order valence-electron chi connectivity index (χ1n) is 4.31. The van der Waals surface area contributed by atoms with Gasteiger partial charge in [-0.15, -0.1) is 0 Å². The highest BCUT2D eigenvalue weighted by Gasteiger charge is 2.07. The van der Waals surface area contributed by atoms with Crippen molar-refractivity contribution in [3.05, 3.63) is 18.6 Å². The smallest absolute Gasteiger partial charge is 0.226 e. The molecule has 0 aliphatic rings. The molecule has 0 aromatic carbocycles. The molecule has 1 rings (SSSR count). The largest absolute Gasteiger partial charge is 0.309 e. The maximum Gasteiger partial charge on any atom is 0.226 e. The molecule has 0 radical (unpaired) electrons. The van der Waals surface area contributed by atoms with Crippen molar-refractivity contribution >= 4 is 23.5 Å². The number of aromatic nitrogens is 2. The Labute approximate surface area is 87.5 Å². The number of carbonyl (C=O) groups is 1. The molecule has 0 saturated heterocycles. The summed E-state index contributed by atoms with van der Waals surface area (Å²) in [6.07, 6.45) is 7.13. The van der Waals surface area contributed by atoms with E-state index in [-0.39, 0.29) is 5.91 Å². The summed E-state index contributed by atoms with van der Waals surface area (Å²) < 4.78 is 0. The number of hydrogen-bond acceptors (Lipinski definition) is 4. The van der Waals surface area contributed by atoms with E-state index >= 15 is 0 Å². The van der Waals surface area contributed by atoms with E-state index in [1.165, 1.54) is 6.20 Å². The van der Waals surface area contributed by atoms with Crippen LogP contribution in [0.2, 0.25) is 0 Å². The van der Waals surface area contributed by atoms with E-state index in [0.29, 0.717) is 17.5 Å². The number of carbonyl (C=O) groups excluding carboxylic acids is 1. The predicted molar refractivity (Wildman–Crippen MR) is 58.3 cm³/mol. The van der Waals surface area contributed by atoms with Crippen LogP contribution in [0.3, 0.4) is 0 Å². The van der Waals surface area contributed by atoms with Crippen molar-refractivity contribution in [2.75, 3.05) is 11.6 Å². The van der Waals surface area contributed by atoms with Crippen LogP contribution in [0.4, 0.5) is 5.82 Å². The Morgan fingerprint density at radius 3 is 3.00 bits per heavy atom. The molecule has 76 valence electrons. The fourth-order valence-electron chi connectivity index (χ4n) is 0.902. The highest BCUT2D eigenvalue weighted by Crippen LogP contribution is 2.10. The molecule has 0 unspecified atom stereocenters. The van der Waals surface area contributed by atoms with Crippen LogP contribution in [0.5, 0.6) is 0 Å². The number of nitrogens with one attached hydrogen (secondary N) is 1. The zero-order chi connectivity index (χ0) is 10.4. The van der Waals surface area contributed by atoms with Gasteiger partial charge < -0.3 is 5.32 Å². The van der Waals surface area contributed by atoms with E-state index in [0.717, 1.165) is 0 Å². The van der Waals surface area contributed by atoms with E-state index in [4.69, 9.17) is 0 Å². The van der Waals surface area contributed by atoms with E-state index in [2.05, 4.69) is 15.3 Å². The van der Waals surface area contributed by atoms with Crippen LogP contribution in [-0.2, 0) is 4.79 Å². The number of hydrogen-bond donors (Lipinski definition) is 1. The highest BCUT2D eigenvalue weighted by atomic mass is 32.2. The molecule has 0 aliphatic carbocycles. The minimum atomic E-state index is -0.0210. The van der Waals surface area contributed by atoms with Crippen molar-refractivity contribution in [3.63, 3.8) is 0 Å². The second kappa shape index (κ2) is 5.59. The molecule has 1 aromatic rings. The summed E-state index contributed by atoms with van der Waals surface area (Å²) in [6.45, 7) is 2.01. The normalized spacial score (nSPS) is 12.1. The van der Waals surface area contributed by atoms with Crippen LogP contribution in [0.15, 0.2) is 18.6 Å². The molecule has 4 nitrogen and oxygen atoms in total. The van der Waals surface area contributed by atoms with Gasteiger partial charge in [0.1, 0.15) is 0 Å². The lowest BCUT2D eigenvalue weighted by Crippen LogP contribution is -2.16. The minimum Gasteiger partial charge on any atom is -0.309 e. The van der Waals surface area contributed by atoms with Gasteiger partial charge in [0, 0.05) is 24.1 Å². The third-order valence-corrected chi connectivity index (χ3v) is 2.68. The van der Waals surface area contributed by atoms with Crippen LogP contribution < -0.4 is 5.32 Å². The number of amides is 1. The van der Waals surface area contributed by atoms with Gasteiger partial charge in [0.25, 0.3) is 0 Å². The summed E-state index contributed by atoms with van der Waals surface area (Å²) in [7, 11) is 0. The van der Waals surface area contributed by atoms with Gasteiger partial charge in [-0.05, 0) is 6.26 Å². The summed E-state index contributed by atoms with van der Waals surface area (Å²) in [5.74, 6) is 0.484. The molecule has 0 aliphatic heterocycles. The average molecular weight is 211 g/mol. The number of anilines is 1. The molecular formula is C9H13N3OS. The van der Waals surface area contributed by atoms with Crippen molar-refractivity contribution in [2.45, 2.75) is 18.6 Å². The van der Waals surface area contributed by atoms with Gasteiger partial charge in [0.2, 0.25) is 5.91 Å².